The predicted octanol–water partition coefficient (Wildman–Crippen LogP) is 2.50. The van der Waals surface area contributed by atoms with Crippen molar-refractivity contribution in [1.29, 1.82) is 0 Å². The molecule has 0 saturated heterocycles. The summed E-state index contributed by atoms with van der Waals surface area (Å²) in [4.78, 5) is 15.6. The molecule has 0 aliphatic carbocycles. The summed E-state index contributed by atoms with van der Waals surface area (Å²) in [5, 5.41) is 0. The smallest absolute Gasteiger partial charge is 0.326 e. The van der Waals surface area contributed by atoms with Gasteiger partial charge in [0.05, 0.1) is 6.33 Å². The SMILES string of the molecule is CCC(C)C(C)C(C)OC(=O)Cn1ccnc1. The second kappa shape index (κ2) is 6.42. The molecule has 96 valence electrons. The Labute approximate surface area is 103 Å². The van der Waals surface area contributed by atoms with Crippen molar-refractivity contribution >= 4 is 5.97 Å². The Morgan fingerprint density at radius 3 is 2.65 bits per heavy atom. The second-order valence-corrected chi connectivity index (χ2v) is 4.67. The lowest BCUT2D eigenvalue weighted by molar-refractivity contribution is -0.152. The van der Waals surface area contributed by atoms with Crippen LogP contribution in [-0.4, -0.2) is 21.6 Å². The van der Waals surface area contributed by atoms with Crippen molar-refractivity contribution in [1.82, 2.24) is 9.55 Å². The molecule has 1 heterocycles. The van der Waals surface area contributed by atoms with E-state index >= 15 is 0 Å². The van der Waals surface area contributed by atoms with Gasteiger partial charge in [-0.25, -0.2) is 4.98 Å². The van der Waals surface area contributed by atoms with Gasteiger partial charge in [-0.3, -0.25) is 4.79 Å². The lowest BCUT2D eigenvalue weighted by Gasteiger charge is -2.25. The topological polar surface area (TPSA) is 44.1 Å². The van der Waals surface area contributed by atoms with E-state index < -0.39 is 0 Å². The molecular weight excluding hydrogens is 216 g/mol. The first-order valence-corrected chi connectivity index (χ1v) is 6.19. The van der Waals surface area contributed by atoms with E-state index in [9.17, 15) is 4.79 Å². The molecule has 0 saturated carbocycles. The standard InChI is InChI=1S/C13H22N2O2/c1-5-10(2)11(3)12(4)17-13(16)8-15-7-6-14-9-15/h6-7,9-12H,5,8H2,1-4H3. The summed E-state index contributed by atoms with van der Waals surface area (Å²) < 4.78 is 7.13. The van der Waals surface area contributed by atoms with Crippen LogP contribution < -0.4 is 0 Å². The van der Waals surface area contributed by atoms with Gasteiger partial charge < -0.3 is 9.30 Å². The van der Waals surface area contributed by atoms with Gasteiger partial charge in [0.15, 0.2) is 0 Å². The molecule has 0 N–H and O–H groups in total. The third-order valence-electron chi connectivity index (χ3n) is 3.47. The number of esters is 1. The number of rotatable bonds is 6. The van der Waals surface area contributed by atoms with Gasteiger partial charge in [-0.1, -0.05) is 27.2 Å². The molecule has 17 heavy (non-hydrogen) atoms. The fourth-order valence-corrected chi connectivity index (χ4v) is 1.72. The second-order valence-electron chi connectivity index (χ2n) is 4.67. The van der Waals surface area contributed by atoms with Crippen LogP contribution in [0.3, 0.4) is 0 Å². The van der Waals surface area contributed by atoms with Crippen LogP contribution in [0.15, 0.2) is 18.7 Å². The summed E-state index contributed by atoms with van der Waals surface area (Å²) in [5.74, 6) is 0.739. The van der Waals surface area contributed by atoms with Crippen molar-refractivity contribution in [3.63, 3.8) is 0 Å². The van der Waals surface area contributed by atoms with Gasteiger partial charge in [0.2, 0.25) is 0 Å². The monoisotopic (exact) mass is 238 g/mol. The number of hydrogen-bond donors (Lipinski definition) is 0. The molecule has 4 nitrogen and oxygen atoms in total. The lowest BCUT2D eigenvalue weighted by Crippen LogP contribution is -2.28. The number of nitrogens with zero attached hydrogens (tertiary/aromatic N) is 2. The first-order chi connectivity index (χ1) is 8.04. The van der Waals surface area contributed by atoms with E-state index in [1.807, 2.05) is 6.92 Å². The van der Waals surface area contributed by atoms with Crippen LogP contribution in [0, 0.1) is 11.8 Å². The van der Waals surface area contributed by atoms with Crippen LogP contribution >= 0.6 is 0 Å². The van der Waals surface area contributed by atoms with Crippen molar-refractivity contribution in [3.05, 3.63) is 18.7 Å². The van der Waals surface area contributed by atoms with Gasteiger partial charge in [0, 0.05) is 12.4 Å². The molecule has 1 aromatic rings. The van der Waals surface area contributed by atoms with Crippen LogP contribution in [0.4, 0.5) is 0 Å². The van der Waals surface area contributed by atoms with Crippen molar-refractivity contribution in [2.45, 2.75) is 46.8 Å². The van der Waals surface area contributed by atoms with E-state index in [1.165, 1.54) is 0 Å². The van der Waals surface area contributed by atoms with Crippen LogP contribution in [0.5, 0.6) is 0 Å². The maximum atomic E-state index is 11.7. The number of hydrogen-bond acceptors (Lipinski definition) is 3. The summed E-state index contributed by atoms with van der Waals surface area (Å²) in [7, 11) is 0. The van der Waals surface area contributed by atoms with E-state index in [0.29, 0.717) is 11.8 Å². The summed E-state index contributed by atoms with van der Waals surface area (Å²) in [5.41, 5.74) is 0. The van der Waals surface area contributed by atoms with Gasteiger partial charge in [-0.05, 0) is 18.8 Å². The molecule has 3 atom stereocenters. The molecule has 0 fully saturated rings. The minimum absolute atomic E-state index is 0.0408. The summed E-state index contributed by atoms with van der Waals surface area (Å²) >= 11 is 0. The van der Waals surface area contributed by atoms with Gasteiger partial charge in [-0.2, -0.15) is 0 Å². The first-order valence-electron chi connectivity index (χ1n) is 6.19. The largest absolute Gasteiger partial charge is 0.461 e. The van der Waals surface area contributed by atoms with Crippen molar-refractivity contribution < 1.29 is 9.53 Å². The highest BCUT2D eigenvalue weighted by Crippen LogP contribution is 2.20. The summed E-state index contributed by atoms with van der Waals surface area (Å²) in [6.07, 6.45) is 6.08. The molecule has 0 aliphatic heterocycles. The number of carbonyl (C=O) groups excluding carboxylic acids is 1. The molecular formula is C13H22N2O2. The van der Waals surface area contributed by atoms with Crippen LogP contribution in [0.2, 0.25) is 0 Å². The number of aromatic nitrogens is 2. The average Bonchev–Trinajstić information content (AvgIpc) is 2.79. The molecule has 4 heteroatoms. The van der Waals surface area contributed by atoms with Crippen molar-refractivity contribution in [3.8, 4) is 0 Å². The quantitative estimate of drug-likeness (QED) is 0.715. The molecule has 0 aromatic carbocycles. The molecule has 0 spiro atoms. The Hall–Kier alpha value is -1.32. The number of imidazole rings is 1. The first kappa shape index (κ1) is 13.7. The van der Waals surface area contributed by atoms with Crippen LogP contribution in [-0.2, 0) is 16.1 Å². The zero-order valence-corrected chi connectivity index (χ0v) is 11.1. The Morgan fingerprint density at radius 1 is 1.41 bits per heavy atom. The van der Waals surface area contributed by atoms with Gasteiger partial charge >= 0.3 is 5.97 Å². The van der Waals surface area contributed by atoms with Gasteiger partial charge in [-0.15, -0.1) is 0 Å². The minimum atomic E-state index is -0.203. The Kier molecular flexibility index (Phi) is 5.19. The van der Waals surface area contributed by atoms with Gasteiger partial charge in [0.1, 0.15) is 12.6 Å². The van der Waals surface area contributed by atoms with Crippen molar-refractivity contribution in [2.75, 3.05) is 0 Å². The maximum Gasteiger partial charge on any atom is 0.326 e. The number of carbonyl (C=O) groups is 1. The highest BCUT2D eigenvalue weighted by Gasteiger charge is 2.21. The third kappa shape index (κ3) is 4.21. The molecule has 0 bridgehead atoms. The zero-order chi connectivity index (χ0) is 12.8. The third-order valence-corrected chi connectivity index (χ3v) is 3.47. The predicted molar refractivity (Wildman–Crippen MR) is 66.4 cm³/mol. The zero-order valence-electron chi connectivity index (χ0n) is 11.1. The molecule has 0 radical (unpaired) electrons. The van der Waals surface area contributed by atoms with E-state index in [0.717, 1.165) is 6.42 Å². The fourth-order valence-electron chi connectivity index (χ4n) is 1.72. The Bertz CT molecular complexity index is 335. The Morgan fingerprint density at radius 2 is 2.12 bits per heavy atom. The van der Waals surface area contributed by atoms with E-state index in [1.54, 1.807) is 23.3 Å². The molecule has 0 amide bonds. The normalized spacial score (nSPS) is 16.2. The Balaban J connectivity index is 2.40. The van der Waals surface area contributed by atoms with Gasteiger partial charge in [0.25, 0.3) is 0 Å². The molecule has 1 aromatic heterocycles. The summed E-state index contributed by atoms with van der Waals surface area (Å²) in [6, 6.07) is 0. The van der Waals surface area contributed by atoms with Crippen molar-refractivity contribution in [2.24, 2.45) is 11.8 Å². The van der Waals surface area contributed by atoms with Crippen LogP contribution in [0.1, 0.15) is 34.1 Å². The molecule has 3 unspecified atom stereocenters. The highest BCUT2D eigenvalue weighted by atomic mass is 16.5. The lowest BCUT2D eigenvalue weighted by atomic mass is 9.89. The van der Waals surface area contributed by atoms with E-state index in [2.05, 4.69) is 25.8 Å². The van der Waals surface area contributed by atoms with Crippen LogP contribution in [0.25, 0.3) is 0 Å². The van der Waals surface area contributed by atoms with E-state index in [4.69, 9.17) is 4.74 Å². The average molecular weight is 238 g/mol. The minimum Gasteiger partial charge on any atom is -0.461 e. The maximum absolute atomic E-state index is 11.7. The molecule has 1 rings (SSSR count). The number of ether oxygens (including phenoxy) is 1. The molecule has 0 aliphatic rings. The van der Waals surface area contributed by atoms with E-state index in [-0.39, 0.29) is 18.6 Å². The fraction of sp³-hybridized carbons (Fsp3) is 0.692. The summed E-state index contributed by atoms with van der Waals surface area (Å²) in [6.45, 7) is 8.66. The highest BCUT2D eigenvalue weighted by molar-refractivity contribution is 5.69.